The number of amides is 1. The lowest BCUT2D eigenvalue weighted by Gasteiger charge is -2.15. The van der Waals surface area contributed by atoms with Gasteiger partial charge in [-0.25, -0.2) is 4.68 Å². The van der Waals surface area contributed by atoms with Gasteiger partial charge in [0, 0.05) is 43.1 Å². The minimum Gasteiger partial charge on any atom is -0.471 e. The minimum atomic E-state index is -0.143. The Morgan fingerprint density at radius 2 is 1.96 bits per heavy atom. The normalized spacial score (nSPS) is 10.8. The zero-order valence-corrected chi connectivity index (χ0v) is 16.5. The maximum absolute atomic E-state index is 12.6. The van der Waals surface area contributed by atoms with Crippen LogP contribution in [0.4, 0.5) is 0 Å². The summed E-state index contributed by atoms with van der Waals surface area (Å²) < 4.78 is 9.99. The predicted molar refractivity (Wildman–Crippen MR) is 101 cm³/mol. The van der Waals surface area contributed by atoms with E-state index in [1.54, 1.807) is 33.6 Å². The summed E-state index contributed by atoms with van der Waals surface area (Å²) in [6.45, 7) is 2.66. The highest BCUT2D eigenvalue weighted by Crippen LogP contribution is 2.16. The van der Waals surface area contributed by atoms with Crippen molar-refractivity contribution in [1.29, 1.82) is 0 Å². The zero-order chi connectivity index (χ0) is 18.7. The molecule has 3 aromatic rings. The summed E-state index contributed by atoms with van der Waals surface area (Å²) in [6, 6.07) is 9.23. The van der Waals surface area contributed by atoms with Crippen molar-refractivity contribution in [3.8, 4) is 5.75 Å². The highest BCUT2D eigenvalue weighted by atomic mass is 79.9. The van der Waals surface area contributed by atoms with E-state index in [1.807, 2.05) is 44.4 Å². The molecule has 1 aromatic carbocycles. The van der Waals surface area contributed by atoms with Crippen molar-refractivity contribution in [3.05, 3.63) is 64.1 Å². The van der Waals surface area contributed by atoms with Crippen molar-refractivity contribution in [2.45, 2.75) is 20.2 Å². The molecule has 0 fully saturated rings. The average molecular weight is 418 g/mol. The van der Waals surface area contributed by atoms with E-state index in [-0.39, 0.29) is 12.6 Å². The predicted octanol–water partition coefficient (Wildman–Crippen LogP) is 3.00. The Balaban J connectivity index is 1.60. The number of carbonyl (C=O) groups excluding carboxylic acids is 1. The first-order valence-corrected chi connectivity index (χ1v) is 8.88. The van der Waals surface area contributed by atoms with Gasteiger partial charge < -0.3 is 9.64 Å². The molecule has 26 heavy (non-hydrogen) atoms. The van der Waals surface area contributed by atoms with Crippen LogP contribution in [0.25, 0.3) is 0 Å². The molecule has 0 N–H and O–H groups in total. The maximum atomic E-state index is 12.6. The molecule has 0 bridgehead atoms. The lowest BCUT2D eigenvalue weighted by molar-refractivity contribution is 0.0777. The number of halogens is 1. The summed E-state index contributed by atoms with van der Waals surface area (Å²) in [5.74, 6) is 0.594. The number of carbonyl (C=O) groups is 1. The Hall–Kier alpha value is -2.61. The van der Waals surface area contributed by atoms with E-state index in [2.05, 4.69) is 26.1 Å². The molecule has 0 aliphatic heterocycles. The maximum Gasteiger partial charge on any atom is 0.274 e. The Morgan fingerprint density at radius 1 is 1.23 bits per heavy atom. The molecule has 136 valence electrons. The molecule has 2 aromatic heterocycles. The number of rotatable bonds is 6. The topological polar surface area (TPSA) is 65.2 Å². The van der Waals surface area contributed by atoms with Gasteiger partial charge in [0.05, 0.1) is 5.69 Å². The average Bonchev–Trinajstić information content (AvgIpc) is 3.20. The number of aromatic nitrogens is 4. The number of hydrogen-bond donors (Lipinski definition) is 0. The fourth-order valence-corrected chi connectivity index (χ4v) is 2.81. The second-order valence-electron chi connectivity index (χ2n) is 6.04. The number of ether oxygens (including phenoxy) is 1. The lowest BCUT2D eigenvalue weighted by Crippen LogP contribution is -2.27. The molecular weight excluding hydrogens is 398 g/mol. The molecule has 0 spiro atoms. The van der Waals surface area contributed by atoms with Crippen LogP contribution >= 0.6 is 15.9 Å². The van der Waals surface area contributed by atoms with E-state index in [1.165, 1.54) is 0 Å². The van der Waals surface area contributed by atoms with Crippen LogP contribution in [0.15, 0.2) is 47.2 Å². The van der Waals surface area contributed by atoms with Crippen LogP contribution in [0.2, 0.25) is 0 Å². The fourth-order valence-electron chi connectivity index (χ4n) is 2.55. The molecule has 8 heteroatoms. The van der Waals surface area contributed by atoms with Crippen molar-refractivity contribution in [1.82, 2.24) is 24.5 Å². The van der Waals surface area contributed by atoms with Crippen LogP contribution in [0.1, 0.15) is 21.7 Å². The van der Waals surface area contributed by atoms with Gasteiger partial charge in [0.1, 0.15) is 5.75 Å². The van der Waals surface area contributed by atoms with Gasteiger partial charge in [0.15, 0.2) is 12.4 Å². The highest BCUT2D eigenvalue weighted by molar-refractivity contribution is 9.10. The summed E-state index contributed by atoms with van der Waals surface area (Å²) in [7, 11) is 3.62. The van der Waals surface area contributed by atoms with Crippen LogP contribution < -0.4 is 4.74 Å². The highest BCUT2D eigenvalue weighted by Gasteiger charge is 2.17. The molecule has 0 aliphatic rings. The summed E-state index contributed by atoms with van der Waals surface area (Å²) in [6.07, 6.45) is 3.65. The Bertz CT molecular complexity index is 901. The van der Waals surface area contributed by atoms with Gasteiger partial charge in [-0.05, 0) is 37.3 Å². The second kappa shape index (κ2) is 7.74. The lowest BCUT2D eigenvalue weighted by atomic mass is 10.2. The van der Waals surface area contributed by atoms with E-state index in [4.69, 9.17) is 4.74 Å². The van der Waals surface area contributed by atoms with Crippen LogP contribution in [0, 0.1) is 6.92 Å². The molecule has 0 atom stereocenters. The summed E-state index contributed by atoms with van der Waals surface area (Å²) in [5, 5.41) is 8.60. The van der Waals surface area contributed by atoms with Crippen LogP contribution in [0.5, 0.6) is 5.75 Å². The minimum absolute atomic E-state index is 0.143. The van der Waals surface area contributed by atoms with Crippen molar-refractivity contribution in [2.75, 3.05) is 7.05 Å². The molecule has 0 unspecified atom stereocenters. The zero-order valence-electron chi connectivity index (χ0n) is 14.9. The van der Waals surface area contributed by atoms with Crippen LogP contribution in [-0.4, -0.2) is 37.4 Å². The van der Waals surface area contributed by atoms with E-state index in [0.717, 1.165) is 21.5 Å². The van der Waals surface area contributed by atoms with Crippen LogP contribution in [0.3, 0.4) is 0 Å². The molecule has 3 rings (SSSR count). The van der Waals surface area contributed by atoms with Gasteiger partial charge in [-0.1, -0.05) is 15.9 Å². The summed E-state index contributed by atoms with van der Waals surface area (Å²) in [4.78, 5) is 14.2. The summed E-state index contributed by atoms with van der Waals surface area (Å²) in [5.41, 5.74) is 2.32. The quantitative estimate of drug-likeness (QED) is 0.618. The van der Waals surface area contributed by atoms with E-state index < -0.39 is 0 Å². The Kier molecular flexibility index (Phi) is 5.41. The van der Waals surface area contributed by atoms with Gasteiger partial charge in [0.2, 0.25) is 0 Å². The molecule has 7 nitrogen and oxygen atoms in total. The Morgan fingerprint density at radius 3 is 2.62 bits per heavy atom. The molecule has 0 aliphatic carbocycles. The van der Waals surface area contributed by atoms with Crippen molar-refractivity contribution in [3.63, 3.8) is 0 Å². The van der Waals surface area contributed by atoms with Crippen molar-refractivity contribution >= 4 is 21.8 Å². The first-order chi connectivity index (χ1) is 12.4. The monoisotopic (exact) mass is 417 g/mol. The van der Waals surface area contributed by atoms with Gasteiger partial charge in [0.25, 0.3) is 5.91 Å². The second-order valence-corrected chi connectivity index (χ2v) is 6.96. The first-order valence-electron chi connectivity index (χ1n) is 8.09. The van der Waals surface area contributed by atoms with Gasteiger partial charge in [-0.15, -0.1) is 0 Å². The van der Waals surface area contributed by atoms with Gasteiger partial charge >= 0.3 is 0 Å². The largest absolute Gasteiger partial charge is 0.471 e. The SMILES string of the molecule is Cc1nn(C)cc1CN(C)C(=O)c1ccn(COc2ccc(Br)cc2)n1. The smallest absolute Gasteiger partial charge is 0.274 e. The molecule has 0 saturated carbocycles. The first kappa shape index (κ1) is 18.2. The molecule has 1 amide bonds. The van der Waals surface area contributed by atoms with Crippen molar-refractivity contribution in [2.24, 2.45) is 7.05 Å². The Labute approximate surface area is 160 Å². The fraction of sp³-hybridized carbons (Fsp3) is 0.278. The third-order valence-corrected chi connectivity index (χ3v) is 4.43. The number of aryl methyl sites for hydroxylation is 2. The number of hydrogen-bond acceptors (Lipinski definition) is 4. The van der Waals surface area contributed by atoms with Crippen LogP contribution in [-0.2, 0) is 20.3 Å². The van der Waals surface area contributed by atoms with Gasteiger partial charge in [-0.3, -0.25) is 9.48 Å². The number of nitrogens with zero attached hydrogens (tertiary/aromatic N) is 5. The third kappa shape index (κ3) is 4.32. The summed E-state index contributed by atoms with van der Waals surface area (Å²) >= 11 is 3.38. The molecule has 0 saturated heterocycles. The molecule has 2 heterocycles. The van der Waals surface area contributed by atoms with Gasteiger partial charge in [-0.2, -0.15) is 10.2 Å². The molecule has 0 radical (unpaired) electrons. The van der Waals surface area contributed by atoms with Crippen molar-refractivity contribution < 1.29 is 9.53 Å². The standard InChI is InChI=1S/C18H20BrN5O2/c1-13-14(11-23(3)20-13)10-22(2)18(25)17-8-9-24(21-17)12-26-16-6-4-15(19)5-7-16/h4-9,11H,10,12H2,1-3H3. The van der Waals surface area contributed by atoms with E-state index in [0.29, 0.717) is 12.2 Å². The number of benzene rings is 1. The molecular formula is C18H20BrN5O2. The van der Waals surface area contributed by atoms with E-state index in [9.17, 15) is 4.79 Å². The third-order valence-electron chi connectivity index (χ3n) is 3.91. The van der Waals surface area contributed by atoms with E-state index >= 15 is 0 Å².